The van der Waals surface area contributed by atoms with Gasteiger partial charge in [-0.15, -0.1) is 6.42 Å². The van der Waals surface area contributed by atoms with E-state index in [9.17, 15) is 30.3 Å². The molecule has 0 aromatic carbocycles. The van der Waals surface area contributed by atoms with Gasteiger partial charge in [0.15, 0.2) is 6.29 Å². The minimum atomic E-state index is -1.64. The average molecular weight is 879 g/mol. The Morgan fingerprint density at radius 2 is 1.12 bits per heavy atom. The van der Waals surface area contributed by atoms with Gasteiger partial charge < -0.3 is 40.3 Å². The van der Waals surface area contributed by atoms with Crippen LogP contribution in [-0.4, -0.2) is 98.5 Å². The van der Waals surface area contributed by atoms with E-state index in [2.05, 4.69) is 148 Å². The lowest BCUT2D eigenvalue weighted by Gasteiger charge is -2.41. The summed E-state index contributed by atoms with van der Waals surface area (Å²) in [5.41, 5.74) is 0. The van der Waals surface area contributed by atoms with Crippen LogP contribution in [0.15, 0.2) is 0 Å². The van der Waals surface area contributed by atoms with Crippen molar-refractivity contribution < 1.29 is 39.8 Å². The summed E-state index contributed by atoms with van der Waals surface area (Å²) in [6.45, 7) is 1.80. The molecular formula is C53H54N2O8S. The molecule has 0 aromatic heterocycles. The number of unbranched alkanes of at least 4 members (excludes halogenated alkanes) is 11. The lowest BCUT2D eigenvalue weighted by Crippen LogP contribution is -2.60. The molecular weight excluding hydrogens is 825 g/mol. The van der Waals surface area contributed by atoms with Crippen LogP contribution in [0.5, 0.6) is 0 Å². The lowest BCUT2D eigenvalue weighted by atomic mass is 9.98. The topological polar surface area (TPSA) is 172 Å². The molecule has 10 nitrogen and oxygen atoms in total. The number of carbonyl (C=O) groups excluding carboxylic acids is 1. The number of nitrogens with one attached hydrogen (secondary N) is 1. The van der Waals surface area contributed by atoms with Crippen molar-refractivity contribution in [2.24, 2.45) is 0 Å². The molecule has 1 fully saturated rings. The molecule has 0 saturated carbocycles. The fraction of sp³-hybridized carbons (Fsp3) is 0.509. The Bertz CT molecular complexity index is 2270. The molecule has 1 aliphatic heterocycles. The van der Waals surface area contributed by atoms with Crippen LogP contribution in [0.3, 0.4) is 0 Å². The first kappa shape index (κ1) is 55.8. The third kappa shape index (κ3) is 29.1. The number of hydrogen-bond acceptors (Lipinski definition) is 10. The molecule has 64 heavy (non-hydrogen) atoms. The highest BCUT2D eigenvalue weighted by Crippen LogP contribution is 2.25. The number of nitriles is 1. The molecule has 2 unspecified atom stereocenters. The highest BCUT2D eigenvalue weighted by atomic mass is 32.2. The maximum Gasteiger partial charge on any atom is 0.232 e. The van der Waals surface area contributed by atoms with Crippen molar-refractivity contribution in [1.29, 1.82) is 5.26 Å². The molecule has 330 valence electrons. The summed E-state index contributed by atoms with van der Waals surface area (Å²) in [4.78, 5) is 12.9. The van der Waals surface area contributed by atoms with Crippen molar-refractivity contribution in [2.45, 2.75) is 152 Å². The van der Waals surface area contributed by atoms with Gasteiger partial charge in [0.05, 0.1) is 37.3 Å². The number of thioether (sulfide) groups is 1. The lowest BCUT2D eigenvalue weighted by molar-refractivity contribution is -0.294. The number of aliphatic hydroxyl groups excluding tert-OH is 5. The molecule has 8 atom stereocenters. The Labute approximate surface area is 385 Å². The molecule has 1 aliphatic rings. The van der Waals surface area contributed by atoms with E-state index < -0.39 is 61.5 Å². The third-order valence-corrected chi connectivity index (χ3v) is 9.97. The summed E-state index contributed by atoms with van der Waals surface area (Å²) >= 11 is 1.33. The highest BCUT2D eigenvalue weighted by molar-refractivity contribution is 7.99. The van der Waals surface area contributed by atoms with Gasteiger partial charge in [0, 0.05) is 53.4 Å². The van der Waals surface area contributed by atoms with Crippen LogP contribution in [0.4, 0.5) is 0 Å². The van der Waals surface area contributed by atoms with Crippen molar-refractivity contribution in [2.75, 3.05) is 18.1 Å². The summed E-state index contributed by atoms with van der Waals surface area (Å²) in [6.07, 6.45) is 9.36. The minimum absolute atomic E-state index is 0.217. The smallest absolute Gasteiger partial charge is 0.232 e. The molecule has 1 saturated heterocycles. The number of hydrogen-bond donors (Lipinski definition) is 6. The second-order valence-electron chi connectivity index (χ2n) is 13.9. The second-order valence-corrected chi connectivity index (χ2v) is 15.0. The predicted octanol–water partition coefficient (Wildman–Crippen LogP) is 2.82. The second kappa shape index (κ2) is 39.6. The fourth-order valence-corrected chi connectivity index (χ4v) is 6.53. The number of terminal acetylenes is 1. The third-order valence-electron chi connectivity index (χ3n) is 8.91. The first-order chi connectivity index (χ1) is 31.3. The van der Waals surface area contributed by atoms with Gasteiger partial charge in [0.1, 0.15) is 24.4 Å². The molecule has 0 aromatic rings. The monoisotopic (exact) mass is 878 g/mol. The van der Waals surface area contributed by atoms with Crippen LogP contribution in [-0.2, 0) is 14.3 Å². The standard InChI is InChI=1S/C53H54N2O8S/c1-3-5-7-9-11-13-15-17-18-19-20-21-22-23-24-25-26-27-29-31-33-35-37-40-48(57)55-45(43-62-53-52(61)51(60)50(59)47(63-53)44-64-42-38-41-54)49(58)46(56)39-36-34-32-30-28-16-14-12-10-8-6-4-2/h1,45-47,49-53,56,58-61H,4,6,8,10,12,14,16,28,30,32,34,36,38-40,42-44H2,2H3,(H,55,57)/t45-,46+,47?,49-,50-,51-,52?,53-/m0/s1. The van der Waals surface area contributed by atoms with Gasteiger partial charge in [0.2, 0.25) is 5.91 Å². The van der Waals surface area contributed by atoms with Crippen molar-refractivity contribution in [3.05, 3.63) is 0 Å². The van der Waals surface area contributed by atoms with Gasteiger partial charge in [-0.2, -0.15) is 17.0 Å². The summed E-state index contributed by atoms with van der Waals surface area (Å²) in [5.74, 6) is 56.7. The number of aliphatic hydroxyl groups is 5. The first-order valence-electron chi connectivity index (χ1n) is 21.1. The summed E-state index contributed by atoms with van der Waals surface area (Å²) < 4.78 is 11.5. The SMILES string of the molecule is C#CC#CC#CC#CC#CC#CC#CC#CC#CC#CC#CC#CCC(=O)N[C@@H](CO[C@H]1OC(CSCCC#N)[C@H](O)[C@H](O)C1O)[C@H](O)[C@H](O)CCCCCCCCCCCCCC. The van der Waals surface area contributed by atoms with E-state index in [1.807, 2.05) is 6.07 Å². The average Bonchev–Trinajstić information content (AvgIpc) is 3.29. The van der Waals surface area contributed by atoms with Gasteiger partial charge in [-0.3, -0.25) is 4.79 Å². The van der Waals surface area contributed by atoms with Crippen LogP contribution in [0.1, 0.15) is 103 Å². The van der Waals surface area contributed by atoms with Crippen LogP contribution in [0.2, 0.25) is 0 Å². The van der Waals surface area contributed by atoms with Crippen LogP contribution >= 0.6 is 11.8 Å². The van der Waals surface area contributed by atoms with E-state index in [1.165, 1.54) is 63.1 Å². The van der Waals surface area contributed by atoms with E-state index in [0.717, 1.165) is 19.3 Å². The molecule has 11 heteroatoms. The number of amides is 1. The Morgan fingerprint density at radius 1 is 0.672 bits per heavy atom. The number of ether oxygens (including phenoxy) is 2. The Morgan fingerprint density at radius 3 is 1.59 bits per heavy atom. The molecule has 0 radical (unpaired) electrons. The van der Waals surface area contributed by atoms with Gasteiger partial charge in [0.25, 0.3) is 0 Å². The van der Waals surface area contributed by atoms with E-state index in [0.29, 0.717) is 12.2 Å². The van der Waals surface area contributed by atoms with Crippen molar-refractivity contribution in [1.82, 2.24) is 5.32 Å². The van der Waals surface area contributed by atoms with E-state index in [1.54, 1.807) is 0 Å². The maximum atomic E-state index is 12.9. The van der Waals surface area contributed by atoms with Crippen molar-refractivity contribution >= 4 is 17.7 Å². The summed E-state index contributed by atoms with van der Waals surface area (Å²) in [7, 11) is 0. The Balaban J connectivity index is 2.79. The van der Waals surface area contributed by atoms with Gasteiger partial charge in [-0.1, -0.05) is 89.9 Å². The highest BCUT2D eigenvalue weighted by Gasteiger charge is 2.44. The van der Waals surface area contributed by atoms with Gasteiger partial charge in [-0.25, -0.2) is 0 Å². The fourth-order valence-electron chi connectivity index (χ4n) is 5.62. The number of rotatable bonds is 24. The molecule has 0 aliphatic carbocycles. The van der Waals surface area contributed by atoms with E-state index >= 15 is 0 Å². The Hall–Kier alpha value is -6.25. The zero-order chi connectivity index (χ0) is 46.7. The van der Waals surface area contributed by atoms with Crippen LogP contribution in [0.25, 0.3) is 0 Å². The quantitative estimate of drug-likeness (QED) is 0.0626. The van der Waals surface area contributed by atoms with Crippen LogP contribution in [0, 0.1) is 154 Å². The molecule has 6 N–H and O–H groups in total. The van der Waals surface area contributed by atoms with Gasteiger partial charge >= 0.3 is 0 Å². The Kier molecular flexibility index (Phi) is 34.5. The van der Waals surface area contributed by atoms with E-state index in [-0.39, 0.29) is 25.0 Å². The molecule has 0 bridgehead atoms. The first-order valence-corrected chi connectivity index (χ1v) is 22.3. The maximum absolute atomic E-state index is 12.9. The summed E-state index contributed by atoms with van der Waals surface area (Å²) in [5, 5.41) is 65.1. The van der Waals surface area contributed by atoms with Gasteiger partial charge in [-0.05, 0) is 101 Å². The molecule has 0 spiro atoms. The molecule has 1 heterocycles. The summed E-state index contributed by atoms with van der Waals surface area (Å²) in [6, 6.07) is 0.876. The number of carbonyl (C=O) groups is 1. The zero-order valence-corrected chi connectivity index (χ0v) is 37.1. The largest absolute Gasteiger partial charge is 0.390 e. The predicted molar refractivity (Wildman–Crippen MR) is 249 cm³/mol. The van der Waals surface area contributed by atoms with Crippen molar-refractivity contribution in [3.8, 4) is 149 Å². The van der Waals surface area contributed by atoms with Crippen LogP contribution < -0.4 is 5.32 Å². The van der Waals surface area contributed by atoms with Crippen molar-refractivity contribution in [3.63, 3.8) is 0 Å². The van der Waals surface area contributed by atoms with E-state index in [4.69, 9.17) is 21.2 Å². The normalized spacial score (nSPS) is 17.3. The molecule has 1 rings (SSSR count). The minimum Gasteiger partial charge on any atom is -0.390 e. The number of nitrogens with zero attached hydrogens (tertiary/aromatic N) is 1. The molecule has 1 amide bonds. The zero-order valence-electron chi connectivity index (χ0n) is 36.2.